The fourth-order valence-corrected chi connectivity index (χ4v) is 3.11. The van der Waals surface area contributed by atoms with Crippen molar-refractivity contribution in [2.75, 3.05) is 13.4 Å². The SMILES string of the molecule is CC(C)C(NC(=O)c1ccc2c(c1)OCO2)C(=O)NN=Cc1cc(Cl)ccc1OCC(N)=O. The summed E-state index contributed by atoms with van der Waals surface area (Å²) in [6.07, 6.45) is 1.32. The summed E-state index contributed by atoms with van der Waals surface area (Å²) in [5.74, 6) is -0.487. The molecule has 2 aromatic carbocycles. The number of amides is 3. The first-order valence-electron chi connectivity index (χ1n) is 9.98. The van der Waals surface area contributed by atoms with Gasteiger partial charge in [0.2, 0.25) is 6.79 Å². The van der Waals surface area contributed by atoms with Crippen LogP contribution in [0, 0.1) is 5.92 Å². The predicted octanol–water partition coefficient (Wildman–Crippen LogP) is 1.84. The molecule has 1 aliphatic heterocycles. The normalized spacial score (nSPS) is 13.1. The summed E-state index contributed by atoms with van der Waals surface area (Å²) < 4.78 is 15.8. The van der Waals surface area contributed by atoms with E-state index >= 15 is 0 Å². The maximum Gasteiger partial charge on any atom is 0.262 e. The van der Waals surface area contributed by atoms with E-state index in [1.165, 1.54) is 6.21 Å². The minimum absolute atomic E-state index is 0.0946. The summed E-state index contributed by atoms with van der Waals surface area (Å²) in [7, 11) is 0. The van der Waals surface area contributed by atoms with Gasteiger partial charge in [-0.3, -0.25) is 14.4 Å². The number of nitrogens with one attached hydrogen (secondary N) is 2. The van der Waals surface area contributed by atoms with E-state index in [9.17, 15) is 14.4 Å². The molecule has 0 fully saturated rings. The highest BCUT2D eigenvalue weighted by molar-refractivity contribution is 6.30. The van der Waals surface area contributed by atoms with Crippen molar-refractivity contribution in [3.8, 4) is 17.2 Å². The Balaban J connectivity index is 1.66. The molecule has 0 bridgehead atoms. The zero-order valence-corrected chi connectivity index (χ0v) is 18.7. The van der Waals surface area contributed by atoms with Gasteiger partial charge in [0, 0.05) is 16.1 Å². The maximum atomic E-state index is 12.7. The number of fused-ring (bicyclic) bond motifs is 1. The second-order valence-corrected chi connectivity index (χ2v) is 7.87. The van der Waals surface area contributed by atoms with Gasteiger partial charge < -0.3 is 25.3 Å². The summed E-state index contributed by atoms with van der Waals surface area (Å²) in [6, 6.07) is 8.60. The van der Waals surface area contributed by atoms with E-state index in [4.69, 9.17) is 31.5 Å². The molecule has 0 radical (unpaired) electrons. The molecule has 1 atom stereocenters. The van der Waals surface area contributed by atoms with Crippen molar-refractivity contribution in [2.45, 2.75) is 19.9 Å². The Morgan fingerprint density at radius 1 is 1.18 bits per heavy atom. The van der Waals surface area contributed by atoms with Crippen molar-refractivity contribution in [2.24, 2.45) is 16.8 Å². The van der Waals surface area contributed by atoms with Crippen molar-refractivity contribution in [1.82, 2.24) is 10.7 Å². The van der Waals surface area contributed by atoms with Crippen LogP contribution < -0.4 is 30.7 Å². The Labute approximate surface area is 195 Å². The number of nitrogens with zero attached hydrogens (tertiary/aromatic N) is 1. The standard InChI is InChI=1S/C22H23ClN4O6/c1-12(2)20(26-21(29)13-3-5-17-18(8-13)33-11-32-17)22(30)27-25-9-14-7-15(23)4-6-16(14)31-10-19(24)28/h3-9,12,20H,10-11H2,1-2H3,(H2,24,28)(H,26,29)(H,27,30). The lowest BCUT2D eigenvalue weighted by Crippen LogP contribution is -2.48. The van der Waals surface area contributed by atoms with Crippen LogP contribution in [0.2, 0.25) is 5.02 Å². The van der Waals surface area contributed by atoms with Crippen LogP contribution >= 0.6 is 11.6 Å². The number of halogens is 1. The van der Waals surface area contributed by atoms with Crippen molar-refractivity contribution < 1.29 is 28.6 Å². The molecule has 0 aromatic heterocycles. The lowest BCUT2D eigenvalue weighted by molar-refractivity contribution is -0.124. The second-order valence-electron chi connectivity index (χ2n) is 7.43. The molecule has 0 aliphatic carbocycles. The molecule has 174 valence electrons. The molecule has 2 aromatic rings. The zero-order chi connectivity index (χ0) is 24.0. The van der Waals surface area contributed by atoms with Crippen LogP contribution in [-0.4, -0.2) is 43.4 Å². The van der Waals surface area contributed by atoms with Gasteiger partial charge in [-0.2, -0.15) is 5.10 Å². The van der Waals surface area contributed by atoms with Crippen LogP contribution in [0.5, 0.6) is 17.2 Å². The monoisotopic (exact) mass is 474 g/mol. The van der Waals surface area contributed by atoms with E-state index in [1.54, 1.807) is 50.2 Å². The molecule has 4 N–H and O–H groups in total. The number of hydrogen-bond acceptors (Lipinski definition) is 7. The van der Waals surface area contributed by atoms with E-state index in [0.717, 1.165) is 0 Å². The Morgan fingerprint density at radius 2 is 1.94 bits per heavy atom. The number of carbonyl (C=O) groups excluding carboxylic acids is 3. The van der Waals surface area contributed by atoms with E-state index in [0.29, 0.717) is 33.4 Å². The lowest BCUT2D eigenvalue weighted by atomic mass is 10.0. The minimum Gasteiger partial charge on any atom is -0.483 e. The highest BCUT2D eigenvalue weighted by Crippen LogP contribution is 2.32. The first-order chi connectivity index (χ1) is 15.7. The van der Waals surface area contributed by atoms with Crippen molar-refractivity contribution in [3.05, 3.63) is 52.5 Å². The molecule has 1 unspecified atom stereocenters. The molecule has 0 saturated carbocycles. The number of hydrogen-bond donors (Lipinski definition) is 3. The second kappa shape index (κ2) is 10.7. The smallest absolute Gasteiger partial charge is 0.262 e. The van der Waals surface area contributed by atoms with E-state index in [2.05, 4.69) is 15.8 Å². The lowest BCUT2D eigenvalue weighted by Gasteiger charge is -2.20. The zero-order valence-electron chi connectivity index (χ0n) is 18.0. The van der Waals surface area contributed by atoms with E-state index in [-0.39, 0.29) is 19.3 Å². The number of nitrogens with two attached hydrogens (primary N) is 1. The number of hydrazone groups is 1. The van der Waals surface area contributed by atoms with Crippen molar-refractivity contribution >= 4 is 35.5 Å². The first kappa shape index (κ1) is 23.9. The van der Waals surface area contributed by atoms with Gasteiger partial charge in [0.1, 0.15) is 11.8 Å². The highest BCUT2D eigenvalue weighted by atomic mass is 35.5. The minimum atomic E-state index is -0.856. The van der Waals surface area contributed by atoms with Crippen molar-refractivity contribution in [3.63, 3.8) is 0 Å². The third-order valence-electron chi connectivity index (χ3n) is 4.59. The Morgan fingerprint density at radius 3 is 2.67 bits per heavy atom. The predicted molar refractivity (Wildman–Crippen MR) is 121 cm³/mol. The summed E-state index contributed by atoms with van der Waals surface area (Å²) in [6.45, 7) is 3.36. The van der Waals surface area contributed by atoms with Crippen molar-refractivity contribution in [1.29, 1.82) is 0 Å². The molecule has 3 amide bonds. The van der Waals surface area contributed by atoms with E-state index in [1.807, 2.05) is 0 Å². The Hall–Kier alpha value is -3.79. The summed E-state index contributed by atoms with van der Waals surface area (Å²) >= 11 is 6.00. The van der Waals surface area contributed by atoms with Gasteiger partial charge in [-0.15, -0.1) is 0 Å². The average molecular weight is 475 g/mol. The van der Waals surface area contributed by atoms with Gasteiger partial charge in [-0.1, -0.05) is 25.4 Å². The number of ether oxygens (including phenoxy) is 3. The number of benzene rings is 2. The third kappa shape index (κ3) is 6.36. The topological polar surface area (TPSA) is 141 Å². The molecule has 1 heterocycles. The number of primary amides is 1. The fraction of sp³-hybridized carbons (Fsp3) is 0.273. The summed E-state index contributed by atoms with van der Waals surface area (Å²) in [5.41, 5.74) is 8.26. The molecule has 0 saturated heterocycles. The molecule has 3 rings (SSSR count). The van der Waals surface area contributed by atoms with Gasteiger partial charge in [0.25, 0.3) is 17.7 Å². The molecule has 33 heavy (non-hydrogen) atoms. The molecule has 0 spiro atoms. The van der Waals surface area contributed by atoms with Gasteiger partial charge in [-0.25, -0.2) is 5.43 Å². The fourth-order valence-electron chi connectivity index (χ4n) is 2.93. The van der Waals surface area contributed by atoms with Gasteiger partial charge in [0.05, 0.1) is 6.21 Å². The van der Waals surface area contributed by atoms with Crippen LogP contribution in [0.15, 0.2) is 41.5 Å². The number of carbonyl (C=O) groups is 3. The molecular formula is C22H23ClN4O6. The molecule has 1 aliphatic rings. The molecule has 10 nitrogen and oxygen atoms in total. The van der Waals surface area contributed by atoms with Crippen LogP contribution in [0.25, 0.3) is 0 Å². The quantitative estimate of drug-likeness (QED) is 0.374. The van der Waals surface area contributed by atoms with E-state index < -0.39 is 23.8 Å². The van der Waals surface area contributed by atoms with Gasteiger partial charge in [0.15, 0.2) is 18.1 Å². The highest BCUT2D eigenvalue weighted by Gasteiger charge is 2.25. The van der Waals surface area contributed by atoms with Crippen LogP contribution in [0.4, 0.5) is 0 Å². The Kier molecular flexibility index (Phi) is 7.73. The Bertz CT molecular complexity index is 1090. The van der Waals surface area contributed by atoms with Crippen LogP contribution in [0.3, 0.4) is 0 Å². The largest absolute Gasteiger partial charge is 0.483 e. The van der Waals surface area contributed by atoms with Gasteiger partial charge in [-0.05, 0) is 42.3 Å². The van der Waals surface area contributed by atoms with Crippen LogP contribution in [0.1, 0.15) is 29.8 Å². The van der Waals surface area contributed by atoms with Crippen LogP contribution in [-0.2, 0) is 9.59 Å². The molecule has 11 heteroatoms. The third-order valence-corrected chi connectivity index (χ3v) is 4.83. The summed E-state index contributed by atoms with van der Waals surface area (Å²) in [4.78, 5) is 36.3. The molecular weight excluding hydrogens is 452 g/mol. The maximum absolute atomic E-state index is 12.7. The first-order valence-corrected chi connectivity index (χ1v) is 10.4. The average Bonchev–Trinajstić information content (AvgIpc) is 3.24. The van der Waals surface area contributed by atoms with Gasteiger partial charge >= 0.3 is 0 Å². The summed E-state index contributed by atoms with van der Waals surface area (Å²) in [5, 5.41) is 7.05. The number of rotatable bonds is 9.